The molecule has 1 saturated carbocycles. The Morgan fingerprint density at radius 2 is 1.61 bits per heavy atom. The molecule has 8 heteroatoms. The number of amides is 1. The highest BCUT2D eigenvalue weighted by molar-refractivity contribution is 5.86. The molecular formula is C30H26N4O4. The van der Waals surface area contributed by atoms with E-state index >= 15 is 0 Å². The summed E-state index contributed by atoms with van der Waals surface area (Å²) in [7, 11) is 0. The van der Waals surface area contributed by atoms with Crippen LogP contribution in [0, 0.1) is 11.3 Å². The Balaban J connectivity index is 1.35. The van der Waals surface area contributed by atoms with Crippen LogP contribution < -0.4 is 5.32 Å². The van der Waals surface area contributed by atoms with Crippen LogP contribution in [0.3, 0.4) is 0 Å². The number of nitrogens with zero attached hydrogens (tertiary/aromatic N) is 3. The maximum absolute atomic E-state index is 12.8. The summed E-state index contributed by atoms with van der Waals surface area (Å²) in [4.78, 5) is 24.4. The number of nitriles is 1. The standard InChI is InChI=1S/C30H26N4O4/c1-29(2,23-6-4-3-5-7-23)38-28(37)33-26-22(18-31)19-32-34(26)25-14-10-21(11-15-25)20-8-12-24(13-9-20)30(16-17-30)27(35)36/h3-15,19H,16-17H2,1-2H3,(H,33,37)(H,35,36). The highest BCUT2D eigenvalue weighted by Crippen LogP contribution is 2.48. The fourth-order valence-corrected chi connectivity index (χ4v) is 4.53. The maximum Gasteiger partial charge on any atom is 0.413 e. The van der Waals surface area contributed by atoms with Gasteiger partial charge in [-0.05, 0) is 61.1 Å². The fraction of sp³-hybridized carbons (Fsp3) is 0.200. The third kappa shape index (κ3) is 4.62. The second kappa shape index (κ2) is 9.52. The number of anilines is 1. The Morgan fingerprint density at radius 3 is 2.16 bits per heavy atom. The Kier molecular flexibility index (Phi) is 6.21. The number of carbonyl (C=O) groups is 2. The van der Waals surface area contributed by atoms with Crippen LogP contribution in [-0.2, 0) is 20.5 Å². The molecule has 0 bridgehead atoms. The van der Waals surface area contributed by atoms with E-state index in [1.165, 1.54) is 10.9 Å². The third-order valence-electron chi connectivity index (χ3n) is 6.97. The molecule has 1 amide bonds. The van der Waals surface area contributed by atoms with Crippen molar-refractivity contribution >= 4 is 17.9 Å². The van der Waals surface area contributed by atoms with Crippen molar-refractivity contribution in [2.75, 3.05) is 5.32 Å². The number of carboxylic acids is 1. The predicted octanol–water partition coefficient (Wildman–Crippen LogP) is 6.01. The number of aromatic nitrogens is 2. The molecule has 1 heterocycles. The van der Waals surface area contributed by atoms with Gasteiger partial charge in [-0.2, -0.15) is 10.4 Å². The minimum absolute atomic E-state index is 0.201. The molecule has 5 rings (SSSR count). The largest absolute Gasteiger partial charge is 0.481 e. The summed E-state index contributed by atoms with van der Waals surface area (Å²) in [5, 5.41) is 26.1. The Labute approximate surface area is 220 Å². The van der Waals surface area contributed by atoms with Gasteiger partial charge in [0.2, 0.25) is 0 Å². The highest BCUT2D eigenvalue weighted by Gasteiger charge is 2.51. The van der Waals surface area contributed by atoms with Gasteiger partial charge in [-0.15, -0.1) is 0 Å². The van der Waals surface area contributed by atoms with Gasteiger partial charge in [-0.3, -0.25) is 10.1 Å². The van der Waals surface area contributed by atoms with Gasteiger partial charge in [0.1, 0.15) is 17.2 Å². The molecule has 2 N–H and O–H groups in total. The van der Waals surface area contributed by atoms with E-state index in [2.05, 4.69) is 16.5 Å². The predicted molar refractivity (Wildman–Crippen MR) is 142 cm³/mol. The average Bonchev–Trinajstić information content (AvgIpc) is 3.65. The molecule has 38 heavy (non-hydrogen) atoms. The number of carbonyl (C=O) groups excluding carboxylic acids is 1. The molecule has 1 aromatic heterocycles. The van der Waals surface area contributed by atoms with Crippen molar-refractivity contribution in [3.63, 3.8) is 0 Å². The first-order chi connectivity index (χ1) is 18.2. The van der Waals surface area contributed by atoms with Gasteiger partial charge < -0.3 is 9.84 Å². The molecule has 8 nitrogen and oxygen atoms in total. The molecule has 0 unspecified atom stereocenters. The number of aliphatic carboxylic acids is 1. The second-order valence-corrected chi connectivity index (χ2v) is 9.83. The molecule has 190 valence electrons. The van der Waals surface area contributed by atoms with Gasteiger partial charge >= 0.3 is 12.1 Å². The Hall–Kier alpha value is -4.90. The number of hydrogen-bond donors (Lipinski definition) is 2. The minimum atomic E-state index is -0.885. The van der Waals surface area contributed by atoms with Crippen molar-refractivity contribution in [1.82, 2.24) is 9.78 Å². The van der Waals surface area contributed by atoms with E-state index in [9.17, 15) is 20.0 Å². The van der Waals surface area contributed by atoms with Crippen LogP contribution in [0.25, 0.3) is 16.8 Å². The maximum atomic E-state index is 12.8. The van der Waals surface area contributed by atoms with E-state index in [0.717, 1.165) is 22.3 Å². The summed E-state index contributed by atoms with van der Waals surface area (Å²) in [6.07, 6.45) is 2.02. The molecule has 0 radical (unpaired) electrons. The topological polar surface area (TPSA) is 117 Å². The number of rotatable bonds is 7. The lowest BCUT2D eigenvalue weighted by molar-refractivity contribution is -0.140. The van der Waals surface area contributed by atoms with Gasteiger partial charge in [0, 0.05) is 0 Å². The molecular weight excluding hydrogens is 480 g/mol. The van der Waals surface area contributed by atoms with Crippen molar-refractivity contribution in [2.24, 2.45) is 0 Å². The van der Waals surface area contributed by atoms with E-state index in [1.54, 1.807) is 13.8 Å². The third-order valence-corrected chi connectivity index (χ3v) is 6.97. The van der Waals surface area contributed by atoms with Crippen LogP contribution in [0.4, 0.5) is 10.6 Å². The summed E-state index contributed by atoms with van der Waals surface area (Å²) in [5.74, 6) is -0.565. The van der Waals surface area contributed by atoms with Gasteiger partial charge in [-0.1, -0.05) is 66.7 Å². The van der Waals surface area contributed by atoms with Crippen molar-refractivity contribution < 1.29 is 19.4 Å². The Bertz CT molecular complexity index is 1530. The first-order valence-corrected chi connectivity index (χ1v) is 12.2. The zero-order valence-corrected chi connectivity index (χ0v) is 21.0. The molecule has 1 fully saturated rings. The first kappa shape index (κ1) is 24.8. The van der Waals surface area contributed by atoms with Gasteiger partial charge in [-0.25, -0.2) is 9.48 Å². The molecule has 0 aliphatic heterocycles. The van der Waals surface area contributed by atoms with Crippen LogP contribution >= 0.6 is 0 Å². The quantitative estimate of drug-likeness (QED) is 0.317. The molecule has 1 aliphatic carbocycles. The van der Waals surface area contributed by atoms with E-state index < -0.39 is 23.1 Å². The van der Waals surface area contributed by atoms with Crippen LogP contribution in [0.2, 0.25) is 0 Å². The zero-order valence-electron chi connectivity index (χ0n) is 21.0. The normalized spacial score (nSPS) is 13.8. The van der Waals surface area contributed by atoms with E-state index in [0.29, 0.717) is 18.5 Å². The van der Waals surface area contributed by atoms with Gasteiger partial charge in [0.25, 0.3) is 0 Å². The fourth-order valence-electron chi connectivity index (χ4n) is 4.53. The SMILES string of the molecule is CC(C)(OC(=O)Nc1c(C#N)cnn1-c1ccc(-c2ccc(C3(C(=O)O)CC3)cc2)cc1)c1ccccc1. The van der Waals surface area contributed by atoms with Crippen LogP contribution in [0.15, 0.2) is 85.1 Å². The lowest BCUT2D eigenvalue weighted by Gasteiger charge is -2.25. The number of ether oxygens (including phenoxy) is 1. The van der Waals surface area contributed by atoms with Crippen LogP contribution in [0.5, 0.6) is 0 Å². The number of nitrogens with one attached hydrogen (secondary N) is 1. The van der Waals surface area contributed by atoms with Crippen molar-refractivity contribution in [2.45, 2.75) is 37.7 Å². The molecule has 0 spiro atoms. The van der Waals surface area contributed by atoms with E-state index in [-0.39, 0.29) is 11.4 Å². The molecule has 4 aromatic rings. The van der Waals surface area contributed by atoms with Crippen molar-refractivity contribution in [3.05, 3.63) is 102 Å². The number of hydrogen-bond acceptors (Lipinski definition) is 5. The molecule has 1 aliphatic rings. The molecule has 0 saturated heterocycles. The number of benzene rings is 3. The summed E-state index contributed by atoms with van der Waals surface area (Å²) in [5.41, 5.74) is 2.77. The zero-order chi connectivity index (χ0) is 26.9. The smallest absolute Gasteiger partial charge is 0.413 e. The van der Waals surface area contributed by atoms with Crippen LogP contribution in [0.1, 0.15) is 43.4 Å². The van der Waals surface area contributed by atoms with E-state index in [1.807, 2.05) is 78.9 Å². The molecule has 3 aromatic carbocycles. The van der Waals surface area contributed by atoms with Crippen molar-refractivity contribution in [1.29, 1.82) is 5.26 Å². The van der Waals surface area contributed by atoms with Crippen LogP contribution in [-0.4, -0.2) is 26.9 Å². The summed E-state index contributed by atoms with van der Waals surface area (Å²) in [6.45, 7) is 3.59. The first-order valence-electron chi connectivity index (χ1n) is 12.2. The lowest BCUT2D eigenvalue weighted by Crippen LogP contribution is -2.29. The average molecular weight is 507 g/mol. The summed E-state index contributed by atoms with van der Waals surface area (Å²) >= 11 is 0. The van der Waals surface area contributed by atoms with Gasteiger partial charge in [0.05, 0.1) is 17.3 Å². The van der Waals surface area contributed by atoms with E-state index in [4.69, 9.17) is 4.74 Å². The molecule has 0 atom stereocenters. The highest BCUT2D eigenvalue weighted by atomic mass is 16.6. The summed E-state index contributed by atoms with van der Waals surface area (Å²) in [6, 6.07) is 26.5. The minimum Gasteiger partial charge on any atom is -0.481 e. The number of carboxylic acid groups (broad SMARTS) is 1. The summed E-state index contributed by atoms with van der Waals surface area (Å²) < 4.78 is 7.16. The Morgan fingerprint density at radius 1 is 1.00 bits per heavy atom. The lowest BCUT2D eigenvalue weighted by atomic mass is 9.94. The van der Waals surface area contributed by atoms with Crippen molar-refractivity contribution in [3.8, 4) is 22.9 Å². The monoisotopic (exact) mass is 506 g/mol. The van der Waals surface area contributed by atoms with Gasteiger partial charge in [0.15, 0.2) is 5.82 Å². The second-order valence-electron chi connectivity index (χ2n) is 9.83.